The number of rotatable bonds is 12. The highest BCUT2D eigenvalue weighted by Crippen LogP contribution is 2.27. The summed E-state index contributed by atoms with van der Waals surface area (Å²) < 4.78 is 29.1. The Balaban J connectivity index is 2.03. The number of nitrogens with one attached hydrogen (secondary N) is 1. The molecule has 0 aliphatic heterocycles. The third-order valence-corrected chi connectivity index (χ3v) is 8.64. The van der Waals surface area contributed by atoms with Crippen LogP contribution in [-0.2, 0) is 26.2 Å². The van der Waals surface area contributed by atoms with Gasteiger partial charge in [-0.15, -0.1) is 0 Å². The number of sulfonamides is 1. The van der Waals surface area contributed by atoms with Crippen LogP contribution < -0.4 is 9.62 Å². The zero-order valence-corrected chi connectivity index (χ0v) is 25.2. The molecule has 2 amide bonds. The van der Waals surface area contributed by atoms with Crippen LogP contribution >= 0.6 is 0 Å². The predicted octanol–water partition coefficient (Wildman–Crippen LogP) is 5.45. The SMILES string of the molecule is CCCCNC(=O)[C@H](C)N(Cc1ccc(C)cc1)C(=O)CN(c1cc(C)cc(C)c1)S(=O)(=O)c1ccc(C)cc1. The third kappa shape index (κ3) is 7.94. The van der Waals surface area contributed by atoms with Crippen molar-refractivity contribution in [2.24, 2.45) is 0 Å². The highest BCUT2D eigenvalue weighted by Gasteiger charge is 2.32. The first-order valence-corrected chi connectivity index (χ1v) is 15.2. The summed E-state index contributed by atoms with van der Waals surface area (Å²) >= 11 is 0. The Morgan fingerprint density at radius 1 is 0.825 bits per heavy atom. The van der Waals surface area contributed by atoms with Crippen LogP contribution in [0.4, 0.5) is 5.69 Å². The van der Waals surface area contributed by atoms with E-state index in [9.17, 15) is 18.0 Å². The monoisotopic (exact) mass is 563 g/mol. The number of unbranched alkanes of at least 4 members (excludes halogenated alkanes) is 1. The molecule has 0 aliphatic carbocycles. The second kappa shape index (κ2) is 13.6. The lowest BCUT2D eigenvalue weighted by Crippen LogP contribution is -2.51. The maximum Gasteiger partial charge on any atom is 0.264 e. The van der Waals surface area contributed by atoms with Crippen molar-refractivity contribution in [1.82, 2.24) is 10.2 Å². The molecule has 0 fully saturated rings. The Labute approximate surface area is 239 Å². The fourth-order valence-electron chi connectivity index (χ4n) is 4.47. The number of carbonyl (C=O) groups is 2. The van der Waals surface area contributed by atoms with Gasteiger partial charge in [-0.1, -0.05) is 66.9 Å². The van der Waals surface area contributed by atoms with Crippen LogP contribution in [0, 0.1) is 27.7 Å². The number of aryl methyl sites for hydroxylation is 4. The van der Waals surface area contributed by atoms with Crippen molar-refractivity contribution in [2.45, 2.75) is 71.9 Å². The first kappa shape index (κ1) is 30.9. The van der Waals surface area contributed by atoms with Crippen molar-refractivity contribution in [2.75, 3.05) is 17.4 Å². The van der Waals surface area contributed by atoms with Crippen molar-refractivity contribution in [1.29, 1.82) is 0 Å². The van der Waals surface area contributed by atoms with Crippen molar-refractivity contribution in [3.05, 3.63) is 94.5 Å². The topological polar surface area (TPSA) is 86.8 Å². The number of anilines is 1. The van der Waals surface area contributed by atoms with E-state index in [-0.39, 0.29) is 17.3 Å². The molecule has 3 aromatic rings. The molecule has 3 aromatic carbocycles. The van der Waals surface area contributed by atoms with E-state index in [1.165, 1.54) is 4.90 Å². The van der Waals surface area contributed by atoms with E-state index >= 15 is 0 Å². The average molecular weight is 564 g/mol. The average Bonchev–Trinajstić information content (AvgIpc) is 2.90. The standard InChI is InChI=1S/C32H41N3O4S/c1-7-8-17-33-32(37)27(6)34(21-28-13-9-23(2)10-14-28)31(36)22-35(29-19-25(4)18-26(5)20-29)40(38,39)30-15-11-24(3)12-16-30/h9-16,18-20,27H,7-8,17,21-22H2,1-6H3,(H,33,37)/t27-/m0/s1. The quantitative estimate of drug-likeness (QED) is 0.297. The van der Waals surface area contributed by atoms with Crippen LogP contribution in [0.15, 0.2) is 71.6 Å². The lowest BCUT2D eigenvalue weighted by molar-refractivity contribution is -0.139. The summed E-state index contributed by atoms with van der Waals surface area (Å²) in [5, 5.41) is 2.91. The van der Waals surface area contributed by atoms with Gasteiger partial charge in [0.05, 0.1) is 10.6 Å². The van der Waals surface area contributed by atoms with Crippen molar-refractivity contribution in [3.63, 3.8) is 0 Å². The number of hydrogen-bond donors (Lipinski definition) is 1. The molecule has 0 unspecified atom stereocenters. The first-order valence-electron chi connectivity index (χ1n) is 13.7. The maximum atomic E-state index is 14.0. The molecule has 0 spiro atoms. The normalized spacial score (nSPS) is 12.1. The number of carbonyl (C=O) groups excluding carboxylic acids is 2. The van der Waals surface area contributed by atoms with Gasteiger partial charge in [0, 0.05) is 13.1 Å². The lowest BCUT2D eigenvalue weighted by atomic mass is 10.1. The molecule has 0 saturated heterocycles. The largest absolute Gasteiger partial charge is 0.354 e. The summed E-state index contributed by atoms with van der Waals surface area (Å²) in [6.45, 7) is 11.6. The van der Waals surface area contributed by atoms with Gasteiger partial charge in [-0.2, -0.15) is 0 Å². The van der Waals surface area contributed by atoms with Gasteiger partial charge in [0.2, 0.25) is 11.8 Å². The zero-order chi connectivity index (χ0) is 29.4. The molecule has 0 bridgehead atoms. The number of nitrogens with zero attached hydrogens (tertiary/aromatic N) is 2. The van der Waals surface area contributed by atoms with Crippen LogP contribution in [0.3, 0.4) is 0 Å². The molecule has 1 atom stereocenters. The van der Waals surface area contributed by atoms with E-state index < -0.39 is 28.5 Å². The van der Waals surface area contributed by atoms with Gasteiger partial charge in [-0.25, -0.2) is 8.42 Å². The van der Waals surface area contributed by atoms with E-state index in [2.05, 4.69) is 5.32 Å². The molecule has 40 heavy (non-hydrogen) atoms. The van der Waals surface area contributed by atoms with Gasteiger partial charge in [-0.3, -0.25) is 13.9 Å². The Morgan fingerprint density at radius 3 is 1.93 bits per heavy atom. The lowest BCUT2D eigenvalue weighted by Gasteiger charge is -2.32. The zero-order valence-electron chi connectivity index (χ0n) is 24.4. The maximum absolute atomic E-state index is 14.0. The minimum Gasteiger partial charge on any atom is -0.354 e. The van der Waals surface area contributed by atoms with Crippen LogP contribution in [0.1, 0.15) is 54.5 Å². The molecule has 1 N–H and O–H groups in total. The number of benzene rings is 3. The van der Waals surface area contributed by atoms with Crippen LogP contribution in [-0.4, -0.2) is 44.3 Å². The molecule has 0 heterocycles. The van der Waals surface area contributed by atoms with Gasteiger partial charge in [0.25, 0.3) is 10.0 Å². The van der Waals surface area contributed by atoms with Crippen LogP contribution in [0.25, 0.3) is 0 Å². The summed E-state index contributed by atoms with van der Waals surface area (Å²) in [6.07, 6.45) is 1.77. The van der Waals surface area contributed by atoms with E-state index in [0.717, 1.165) is 45.0 Å². The predicted molar refractivity (Wildman–Crippen MR) is 161 cm³/mol. The van der Waals surface area contributed by atoms with Crippen molar-refractivity contribution >= 4 is 27.5 Å². The van der Waals surface area contributed by atoms with Gasteiger partial charge < -0.3 is 10.2 Å². The molecular weight excluding hydrogens is 522 g/mol. The fourth-order valence-corrected chi connectivity index (χ4v) is 5.87. The van der Waals surface area contributed by atoms with Gasteiger partial charge in [-0.05, 0) is 82.0 Å². The molecule has 0 radical (unpaired) electrons. The Hall–Kier alpha value is -3.65. The summed E-state index contributed by atoms with van der Waals surface area (Å²) in [5.74, 6) is -0.734. The molecule has 0 saturated carbocycles. The minimum absolute atomic E-state index is 0.0977. The number of amides is 2. The summed E-state index contributed by atoms with van der Waals surface area (Å²) in [4.78, 5) is 28.6. The number of hydrogen-bond acceptors (Lipinski definition) is 4. The molecule has 0 aromatic heterocycles. The van der Waals surface area contributed by atoms with Gasteiger partial charge in [0.1, 0.15) is 12.6 Å². The Kier molecular flexibility index (Phi) is 10.5. The highest BCUT2D eigenvalue weighted by molar-refractivity contribution is 7.92. The second-order valence-electron chi connectivity index (χ2n) is 10.5. The molecule has 0 aliphatic rings. The summed E-state index contributed by atoms with van der Waals surface area (Å²) in [5.41, 5.74) is 5.03. The molecule has 8 heteroatoms. The van der Waals surface area contributed by atoms with E-state index in [1.54, 1.807) is 43.3 Å². The van der Waals surface area contributed by atoms with E-state index in [1.807, 2.05) is 65.0 Å². The van der Waals surface area contributed by atoms with Crippen molar-refractivity contribution in [3.8, 4) is 0 Å². The van der Waals surface area contributed by atoms with E-state index in [4.69, 9.17) is 0 Å². The Bertz CT molecular complexity index is 1400. The summed E-state index contributed by atoms with van der Waals surface area (Å²) in [7, 11) is -4.09. The fraction of sp³-hybridized carbons (Fsp3) is 0.375. The molecular formula is C32H41N3O4S. The summed E-state index contributed by atoms with van der Waals surface area (Å²) in [6, 6.07) is 19.0. The Morgan fingerprint density at radius 2 is 1.38 bits per heavy atom. The van der Waals surface area contributed by atoms with Crippen LogP contribution in [0.5, 0.6) is 0 Å². The second-order valence-corrected chi connectivity index (χ2v) is 12.4. The van der Waals surface area contributed by atoms with E-state index in [0.29, 0.717) is 12.2 Å². The minimum atomic E-state index is -4.09. The van der Waals surface area contributed by atoms with Crippen molar-refractivity contribution < 1.29 is 18.0 Å². The van der Waals surface area contributed by atoms with Crippen LogP contribution in [0.2, 0.25) is 0 Å². The van der Waals surface area contributed by atoms with Gasteiger partial charge in [0.15, 0.2) is 0 Å². The smallest absolute Gasteiger partial charge is 0.264 e. The molecule has 214 valence electrons. The highest BCUT2D eigenvalue weighted by atomic mass is 32.2. The molecule has 7 nitrogen and oxygen atoms in total. The first-order chi connectivity index (χ1) is 18.9. The van der Waals surface area contributed by atoms with Gasteiger partial charge >= 0.3 is 0 Å². The molecule has 3 rings (SSSR count). The third-order valence-electron chi connectivity index (χ3n) is 6.85.